The molecule has 2 nitrogen and oxygen atoms in total. The molecule has 0 N–H and O–H groups in total. The van der Waals surface area contributed by atoms with Gasteiger partial charge >= 0.3 is 0 Å². The van der Waals surface area contributed by atoms with Crippen LogP contribution in [0, 0.1) is 0 Å². The fourth-order valence-electron chi connectivity index (χ4n) is 3.12. The molecule has 0 saturated heterocycles. The Morgan fingerprint density at radius 2 is 0.846 bits per heavy atom. The summed E-state index contributed by atoms with van der Waals surface area (Å²) < 4.78 is 0. The van der Waals surface area contributed by atoms with Crippen LogP contribution in [0.15, 0.2) is 60.3 Å². The summed E-state index contributed by atoms with van der Waals surface area (Å²) in [5, 5.41) is 0. The molecule has 26 heavy (non-hydrogen) atoms. The van der Waals surface area contributed by atoms with E-state index in [0.29, 0.717) is 0 Å². The molecule has 0 aromatic heterocycles. The second kappa shape index (κ2) is 13.2. The summed E-state index contributed by atoms with van der Waals surface area (Å²) in [7, 11) is 0. The van der Waals surface area contributed by atoms with E-state index in [9.17, 15) is 0 Å². The van der Waals surface area contributed by atoms with Gasteiger partial charge in [-0.1, -0.05) is 25.7 Å². The molecule has 2 rings (SSSR count). The first-order valence-electron chi connectivity index (χ1n) is 10.0. The summed E-state index contributed by atoms with van der Waals surface area (Å²) in [4.78, 5) is 4.58. The maximum atomic E-state index is 4.26. The SMILES string of the molecule is SCCCCCCN1C=CC(=C2C=CN(CCCCCCS)C=C2)C=C1. The summed E-state index contributed by atoms with van der Waals surface area (Å²) in [5.41, 5.74) is 2.58. The van der Waals surface area contributed by atoms with Gasteiger partial charge in [0.05, 0.1) is 0 Å². The molecule has 2 aliphatic rings. The van der Waals surface area contributed by atoms with Crippen molar-refractivity contribution < 1.29 is 0 Å². The Bertz CT molecular complexity index is 466. The number of nitrogens with zero attached hydrogens (tertiary/aromatic N) is 2. The Labute approximate surface area is 171 Å². The van der Waals surface area contributed by atoms with Gasteiger partial charge in [-0.2, -0.15) is 25.3 Å². The van der Waals surface area contributed by atoms with E-state index in [1.807, 2.05) is 0 Å². The van der Waals surface area contributed by atoms with Gasteiger partial charge in [-0.25, -0.2) is 0 Å². The van der Waals surface area contributed by atoms with Crippen molar-refractivity contribution in [1.29, 1.82) is 0 Å². The molecular weight excluding hydrogens is 356 g/mol. The van der Waals surface area contributed by atoms with E-state index in [-0.39, 0.29) is 0 Å². The maximum Gasteiger partial charge on any atom is 0.0219 e. The molecule has 0 unspecified atom stereocenters. The molecule has 0 aromatic rings. The maximum absolute atomic E-state index is 4.26. The first-order chi connectivity index (χ1) is 12.8. The highest BCUT2D eigenvalue weighted by Crippen LogP contribution is 2.20. The highest BCUT2D eigenvalue weighted by Gasteiger charge is 2.06. The van der Waals surface area contributed by atoms with Crippen molar-refractivity contribution in [2.75, 3.05) is 24.6 Å². The Balaban J connectivity index is 1.70. The molecular formula is C22H34N2S2. The zero-order valence-electron chi connectivity index (χ0n) is 15.9. The van der Waals surface area contributed by atoms with Crippen molar-refractivity contribution in [2.24, 2.45) is 0 Å². The minimum Gasteiger partial charge on any atom is -0.354 e. The monoisotopic (exact) mass is 390 g/mol. The third-order valence-corrected chi connectivity index (χ3v) is 5.40. The summed E-state index contributed by atoms with van der Waals surface area (Å²) in [6, 6.07) is 0. The smallest absolute Gasteiger partial charge is 0.0219 e. The van der Waals surface area contributed by atoms with E-state index in [1.54, 1.807) is 0 Å². The molecule has 0 spiro atoms. The molecule has 0 aromatic carbocycles. The van der Waals surface area contributed by atoms with Gasteiger partial charge in [-0.05, 0) is 72.6 Å². The molecule has 0 aliphatic carbocycles. The molecule has 0 fully saturated rings. The van der Waals surface area contributed by atoms with Crippen LogP contribution in [0.5, 0.6) is 0 Å². The number of hydrogen-bond donors (Lipinski definition) is 2. The Morgan fingerprint density at radius 3 is 1.19 bits per heavy atom. The normalized spacial score (nSPS) is 16.2. The lowest BCUT2D eigenvalue weighted by Crippen LogP contribution is -2.15. The topological polar surface area (TPSA) is 6.48 Å². The second-order valence-electron chi connectivity index (χ2n) is 6.92. The van der Waals surface area contributed by atoms with E-state index in [4.69, 9.17) is 0 Å². The van der Waals surface area contributed by atoms with Crippen molar-refractivity contribution in [3.8, 4) is 0 Å². The zero-order chi connectivity index (χ0) is 18.5. The number of hydrogen-bond acceptors (Lipinski definition) is 4. The van der Waals surface area contributed by atoms with Gasteiger partial charge in [0, 0.05) is 37.9 Å². The fourth-order valence-corrected chi connectivity index (χ4v) is 3.56. The van der Waals surface area contributed by atoms with Crippen LogP contribution in [0.2, 0.25) is 0 Å². The number of unbranched alkanes of at least 4 members (excludes halogenated alkanes) is 6. The number of rotatable bonds is 12. The molecule has 0 bridgehead atoms. The first kappa shape index (κ1) is 21.3. The Hall–Kier alpha value is -1.00. The summed E-state index contributed by atoms with van der Waals surface area (Å²) >= 11 is 8.53. The predicted molar refractivity (Wildman–Crippen MR) is 122 cm³/mol. The lowest BCUT2D eigenvalue weighted by Gasteiger charge is -2.22. The molecule has 0 amide bonds. The molecule has 4 heteroatoms. The van der Waals surface area contributed by atoms with E-state index < -0.39 is 0 Å². The van der Waals surface area contributed by atoms with Crippen molar-refractivity contribution in [1.82, 2.24) is 9.80 Å². The van der Waals surface area contributed by atoms with Crippen LogP contribution in [0.4, 0.5) is 0 Å². The van der Waals surface area contributed by atoms with Crippen molar-refractivity contribution >= 4 is 25.3 Å². The third-order valence-electron chi connectivity index (χ3n) is 4.76. The van der Waals surface area contributed by atoms with Gasteiger partial charge in [-0.3, -0.25) is 0 Å². The van der Waals surface area contributed by atoms with Gasteiger partial charge in [0.15, 0.2) is 0 Å². The van der Waals surface area contributed by atoms with Crippen molar-refractivity contribution in [2.45, 2.75) is 51.4 Å². The highest BCUT2D eigenvalue weighted by molar-refractivity contribution is 7.80. The lowest BCUT2D eigenvalue weighted by atomic mass is 10.0. The molecule has 0 atom stereocenters. The standard InChI is InChI=1S/C22H34N2S2/c25-19-7-3-1-5-13-23-15-9-21(10-16-23)22-11-17-24(18-12-22)14-6-2-4-8-20-26/h9-12,15-18,25-26H,1-8,13-14,19-20H2. The highest BCUT2D eigenvalue weighted by atomic mass is 32.1. The van der Waals surface area contributed by atoms with Crippen molar-refractivity contribution in [3.63, 3.8) is 0 Å². The van der Waals surface area contributed by atoms with E-state index >= 15 is 0 Å². The molecule has 2 aliphatic heterocycles. The minimum absolute atomic E-state index is 1.01. The zero-order valence-corrected chi connectivity index (χ0v) is 17.7. The van der Waals surface area contributed by atoms with Gasteiger partial charge in [0.1, 0.15) is 0 Å². The van der Waals surface area contributed by atoms with Crippen LogP contribution in [0.1, 0.15) is 51.4 Å². The summed E-state index contributed by atoms with van der Waals surface area (Å²) in [6.07, 6.45) is 27.9. The Kier molecular flexibility index (Phi) is 10.8. The molecule has 0 radical (unpaired) electrons. The van der Waals surface area contributed by atoms with Crippen LogP contribution in [0.25, 0.3) is 0 Å². The van der Waals surface area contributed by atoms with Gasteiger partial charge in [-0.15, -0.1) is 0 Å². The molecule has 0 saturated carbocycles. The van der Waals surface area contributed by atoms with E-state index in [1.165, 1.54) is 62.5 Å². The summed E-state index contributed by atoms with van der Waals surface area (Å²) in [5.74, 6) is 2.02. The van der Waals surface area contributed by atoms with Crippen LogP contribution in [0.3, 0.4) is 0 Å². The average Bonchev–Trinajstić information content (AvgIpc) is 2.69. The lowest BCUT2D eigenvalue weighted by molar-refractivity contribution is 0.467. The fraction of sp³-hybridized carbons (Fsp3) is 0.545. The molecule has 2 heterocycles. The Morgan fingerprint density at radius 1 is 0.500 bits per heavy atom. The number of thiol groups is 2. The first-order valence-corrected chi connectivity index (χ1v) is 11.3. The minimum atomic E-state index is 1.01. The van der Waals surface area contributed by atoms with Gasteiger partial charge in [0.25, 0.3) is 0 Å². The van der Waals surface area contributed by atoms with Crippen LogP contribution in [-0.2, 0) is 0 Å². The quantitative estimate of drug-likeness (QED) is 0.314. The number of allylic oxidation sites excluding steroid dienone is 6. The largest absolute Gasteiger partial charge is 0.354 e. The van der Waals surface area contributed by atoms with Crippen LogP contribution in [-0.4, -0.2) is 34.4 Å². The van der Waals surface area contributed by atoms with Gasteiger partial charge < -0.3 is 9.80 Å². The van der Waals surface area contributed by atoms with Crippen molar-refractivity contribution in [3.05, 3.63) is 60.3 Å². The third kappa shape index (κ3) is 8.13. The second-order valence-corrected chi connectivity index (χ2v) is 7.82. The van der Waals surface area contributed by atoms with E-state index in [0.717, 1.165) is 24.6 Å². The van der Waals surface area contributed by atoms with Crippen LogP contribution < -0.4 is 0 Å². The molecule has 144 valence electrons. The van der Waals surface area contributed by atoms with Gasteiger partial charge in [0.2, 0.25) is 0 Å². The predicted octanol–water partition coefficient (Wildman–Crippen LogP) is 5.95. The summed E-state index contributed by atoms with van der Waals surface area (Å²) in [6.45, 7) is 2.21. The van der Waals surface area contributed by atoms with E-state index in [2.05, 4.69) is 84.2 Å². The van der Waals surface area contributed by atoms with Crippen LogP contribution >= 0.6 is 25.3 Å². The average molecular weight is 391 g/mol.